The van der Waals surface area contributed by atoms with Crippen LogP contribution < -0.4 is 5.32 Å². The fourth-order valence-corrected chi connectivity index (χ4v) is 4.31. The van der Waals surface area contributed by atoms with Gasteiger partial charge < -0.3 is 9.47 Å². The monoisotopic (exact) mass is 473 g/mol. The largest absolute Gasteiger partial charge is 0.469 e. The third kappa shape index (κ3) is 6.37. The van der Waals surface area contributed by atoms with Gasteiger partial charge >= 0.3 is 11.9 Å². The maximum Gasteiger partial charge on any atom is 0.323 e. The zero-order chi connectivity index (χ0) is 25.5. The summed E-state index contributed by atoms with van der Waals surface area (Å²) in [6, 6.07) is 29.3. The molecule has 0 fully saturated rings. The molecule has 2 atom stereocenters. The van der Waals surface area contributed by atoms with Gasteiger partial charge in [0.2, 0.25) is 0 Å². The van der Waals surface area contributed by atoms with Crippen molar-refractivity contribution < 1.29 is 19.1 Å². The molecule has 35 heavy (non-hydrogen) atoms. The van der Waals surface area contributed by atoms with Crippen LogP contribution in [0, 0.1) is 5.92 Å². The van der Waals surface area contributed by atoms with Gasteiger partial charge in [0.25, 0.3) is 0 Å². The molecule has 0 spiro atoms. The molecule has 5 nitrogen and oxygen atoms in total. The SMILES string of the molecule is COC(=O)C(C)C[C@H](NC(c1ccccc1)(c1ccccc1)c1ccccc1)C(=O)OC(C)(C)C. The number of hydrogen-bond acceptors (Lipinski definition) is 5. The highest BCUT2D eigenvalue weighted by Gasteiger charge is 2.41. The normalized spacial score (nSPS) is 13.5. The summed E-state index contributed by atoms with van der Waals surface area (Å²) in [5, 5.41) is 3.67. The molecule has 184 valence electrons. The van der Waals surface area contributed by atoms with Crippen LogP contribution in [0.2, 0.25) is 0 Å². The Morgan fingerprint density at radius 3 is 1.49 bits per heavy atom. The van der Waals surface area contributed by atoms with E-state index in [4.69, 9.17) is 9.47 Å². The molecule has 0 aliphatic carbocycles. The third-order valence-corrected chi connectivity index (χ3v) is 5.90. The molecule has 0 bridgehead atoms. The summed E-state index contributed by atoms with van der Waals surface area (Å²) in [5.41, 5.74) is 1.35. The second-order valence-corrected chi connectivity index (χ2v) is 9.74. The minimum Gasteiger partial charge on any atom is -0.469 e. The summed E-state index contributed by atoms with van der Waals surface area (Å²) in [7, 11) is 1.36. The van der Waals surface area contributed by atoms with Crippen molar-refractivity contribution in [2.24, 2.45) is 5.92 Å². The average molecular weight is 474 g/mol. The standard InChI is InChI=1S/C30H35NO4/c1-22(27(32)34-5)21-26(28(33)35-29(2,3)4)31-30(23-15-9-6-10-16-23,24-17-11-7-12-18-24)25-19-13-8-14-20-25/h6-20,22,26,31H,21H2,1-5H3/t22?,26-/m0/s1. The average Bonchev–Trinajstić information content (AvgIpc) is 2.86. The smallest absolute Gasteiger partial charge is 0.323 e. The first-order valence-corrected chi connectivity index (χ1v) is 11.9. The van der Waals surface area contributed by atoms with Crippen LogP contribution in [0.15, 0.2) is 91.0 Å². The van der Waals surface area contributed by atoms with Crippen molar-refractivity contribution in [3.8, 4) is 0 Å². The van der Waals surface area contributed by atoms with E-state index in [1.807, 2.05) is 112 Å². The predicted molar refractivity (Wildman–Crippen MR) is 138 cm³/mol. The molecule has 3 aromatic carbocycles. The number of carbonyl (C=O) groups excluding carboxylic acids is 2. The van der Waals surface area contributed by atoms with E-state index >= 15 is 0 Å². The van der Waals surface area contributed by atoms with Crippen molar-refractivity contribution in [3.63, 3.8) is 0 Å². The van der Waals surface area contributed by atoms with E-state index in [2.05, 4.69) is 5.32 Å². The Morgan fingerprint density at radius 1 is 0.743 bits per heavy atom. The van der Waals surface area contributed by atoms with Gasteiger partial charge in [0.15, 0.2) is 0 Å². The molecular formula is C30H35NO4. The molecule has 0 aliphatic heterocycles. The van der Waals surface area contributed by atoms with Crippen LogP contribution in [-0.4, -0.2) is 30.7 Å². The van der Waals surface area contributed by atoms with Crippen LogP contribution >= 0.6 is 0 Å². The van der Waals surface area contributed by atoms with Crippen LogP contribution in [-0.2, 0) is 24.6 Å². The summed E-state index contributed by atoms with van der Waals surface area (Å²) in [5.74, 6) is -1.30. The number of nitrogens with one attached hydrogen (secondary N) is 1. The Kier molecular flexibility index (Phi) is 8.47. The zero-order valence-corrected chi connectivity index (χ0v) is 21.2. The fraction of sp³-hybridized carbons (Fsp3) is 0.333. The van der Waals surface area contributed by atoms with E-state index in [1.165, 1.54) is 7.11 Å². The number of hydrogen-bond donors (Lipinski definition) is 1. The molecule has 0 radical (unpaired) electrons. The molecule has 1 N–H and O–H groups in total. The van der Waals surface area contributed by atoms with Crippen LogP contribution in [0.1, 0.15) is 50.8 Å². The highest BCUT2D eigenvalue weighted by atomic mass is 16.6. The number of esters is 2. The third-order valence-electron chi connectivity index (χ3n) is 5.90. The number of methoxy groups -OCH3 is 1. The summed E-state index contributed by atoms with van der Waals surface area (Å²) < 4.78 is 10.8. The van der Waals surface area contributed by atoms with E-state index in [0.717, 1.165) is 16.7 Å². The zero-order valence-electron chi connectivity index (χ0n) is 21.2. The van der Waals surface area contributed by atoms with Gasteiger partial charge in [-0.1, -0.05) is 97.9 Å². The van der Waals surface area contributed by atoms with Crippen LogP contribution in [0.5, 0.6) is 0 Å². The lowest BCUT2D eigenvalue weighted by atomic mass is 9.76. The quantitative estimate of drug-likeness (QED) is 0.329. The molecule has 0 aliphatic rings. The molecule has 0 saturated heterocycles. The lowest BCUT2D eigenvalue weighted by molar-refractivity contribution is -0.159. The van der Waals surface area contributed by atoms with Gasteiger partial charge in [0.05, 0.1) is 18.6 Å². The lowest BCUT2D eigenvalue weighted by Gasteiger charge is -2.40. The van der Waals surface area contributed by atoms with E-state index in [1.54, 1.807) is 6.92 Å². The molecule has 1 unspecified atom stereocenters. The van der Waals surface area contributed by atoms with Gasteiger partial charge in [0.1, 0.15) is 11.6 Å². The molecule has 0 aromatic heterocycles. The van der Waals surface area contributed by atoms with E-state index in [9.17, 15) is 9.59 Å². The van der Waals surface area contributed by atoms with Gasteiger partial charge in [-0.15, -0.1) is 0 Å². The summed E-state index contributed by atoms with van der Waals surface area (Å²) >= 11 is 0. The number of carbonyl (C=O) groups is 2. The molecule has 5 heteroatoms. The van der Waals surface area contributed by atoms with Crippen molar-refractivity contribution in [1.29, 1.82) is 0 Å². The topological polar surface area (TPSA) is 64.6 Å². The minimum atomic E-state index is -0.874. The molecule has 0 amide bonds. The van der Waals surface area contributed by atoms with Gasteiger partial charge in [-0.25, -0.2) is 0 Å². The van der Waals surface area contributed by atoms with Crippen LogP contribution in [0.3, 0.4) is 0 Å². The van der Waals surface area contributed by atoms with Gasteiger partial charge in [0, 0.05) is 0 Å². The minimum absolute atomic E-state index is 0.218. The van der Waals surface area contributed by atoms with Gasteiger partial charge in [-0.3, -0.25) is 14.9 Å². The number of benzene rings is 3. The molecule has 0 saturated carbocycles. The number of ether oxygens (including phenoxy) is 2. The molecule has 0 heterocycles. The first-order chi connectivity index (χ1) is 16.7. The second kappa shape index (κ2) is 11.3. The summed E-state index contributed by atoms with van der Waals surface area (Å²) in [4.78, 5) is 25.9. The molecule has 3 aromatic rings. The highest BCUT2D eigenvalue weighted by molar-refractivity contribution is 5.79. The van der Waals surface area contributed by atoms with E-state index in [-0.39, 0.29) is 12.4 Å². The Balaban J connectivity index is 2.21. The molecular weight excluding hydrogens is 438 g/mol. The van der Waals surface area contributed by atoms with E-state index < -0.39 is 29.1 Å². The van der Waals surface area contributed by atoms with Crippen LogP contribution in [0.25, 0.3) is 0 Å². The maximum atomic E-state index is 13.5. The summed E-state index contributed by atoms with van der Waals surface area (Å²) in [6.07, 6.45) is 0.218. The van der Waals surface area contributed by atoms with Crippen molar-refractivity contribution in [2.75, 3.05) is 7.11 Å². The predicted octanol–water partition coefficient (Wildman–Crippen LogP) is 5.48. The van der Waals surface area contributed by atoms with Gasteiger partial charge in [-0.2, -0.15) is 0 Å². The molecule has 3 rings (SSSR count). The van der Waals surface area contributed by atoms with Gasteiger partial charge in [-0.05, 0) is 43.9 Å². The summed E-state index contributed by atoms with van der Waals surface area (Å²) in [6.45, 7) is 7.28. The fourth-order valence-electron chi connectivity index (χ4n) is 4.31. The Labute approximate surface area is 208 Å². The van der Waals surface area contributed by atoms with Crippen molar-refractivity contribution >= 4 is 11.9 Å². The van der Waals surface area contributed by atoms with Crippen LogP contribution in [0.4, 0.5) is 0 Å². The maximum absolute atomic E-state index is 13.5. The van der Waals surface area contributed by atoms with Crippen molar-refractivity contribution in [2.45, 2.75) is 51.3 Å². The Bertz CT molecular complexity index is 995. The lowest BCUT2D eigenvalue weighted by Crippen LogP contribution is -2.54. The second-order valence-electron chi connectivity index (χ2n) is 9.74. The highest BCUT2D eigenvalue weighted by Crippen LogP contribution is 2.38. The van der Waals surface area contributed by atoms with Crippen molar-refractivity contribution in [3.05, 3.63) is 108 Å². The van der Waals surface area contributed by atoms with E-state index in [0.29, 0.717) is 0 Å². The first-order valence-electron chi connectivity index (χ1n) is 11.9. The first kappa shape index (κ1) is 26.2. The van der Waals surface area contributed by atoms with Crippen molar-refractivity contribution in [1.82, 2.24) is 5.32 Å². The Morgan fingerprint density at radius 2 is 1.14 bits per heavy atom. The Hall–Kier alpha value is -3.44. The number of rotatable bonds is 9.